The number of aliphatic hydroxyl groups is 1. The number of nitriles is 1. The van der Waals surface area contributed by atoms with E-state index in [1.54, 1.807) is 11.6 Å². The Labute approximate surface area is 75.5 Å². The number of rotatable bonds is 1. The van der Waals surface area contributed by atoms with E-state index in [9.17, 15) is 0 Å². The fourth-order valence-corrected chi connectivity index (χ4v) is 1.80. The SMILES string of the molecule is N#CC(O)c1ncsc1I. The molecule has 1 unspecified atom stereocenters. The van der Waals surface area contributed by atoms with Crippen molar-refractivity contribution in [1.82, 2.24) is 4.98 Å². The summed E-state index contributed by atoms with van der Waals surface area (Å²) >= 11 is 3.45. The highest BCUT2D eigenvalue weighted by atomic mass is 127. The molecule has 0 aliphatic carbocycles. The minimum atomic E-state index is -1.07. The van der Waals surface area contributed by atoms with Crippen LogP contribution >= 0.6 is 33.9 Å². The molecule has 1 rings (SSSR count). The molecule has 0 fully saturated rings. The highest BCUT2D eigenvalue weighted by Gasteiger charge is 2.11. The normalized spacial score (nSPS) is 12.5. The zero-order valence-corrected chi connectivity index (χ0v) is 7.76. The van der Waals surface area contributed by atoms with Gasteiger partial charge in [-0.25, -0.2) is 4.98 Å². The molecule has 3 nitrogen and oxygen atoms in total. The van der Waals surface area contributed by atoms with Crippen LogP contribution in [0, 0.1) is 14.2 Å². The second kappa shape index (κ2) is 3.27. The zero-order chi connectivity index (χ0) is 7.56. The maximum Gasteiger partial charge on any atom is 0.184 e. The van der Waals surface area contributed by atoms with Crippen LogP contribution in [-0.4, -0.2) is 10.1 Å². The minimum absolute atomic E-state index is 0.466. The van der Waals surface area contributed by atoms with Gasteiger partial charge in [0.05, 0.1) is 8.39 Å². The van der Waals surface area contributed by atoms with Crippen LogP contribution in [-0.2, 0) is 0 Å². The fourth-order valence-electron chi connectivity index (χ4n) is 0.480. The number of hydrogen-bond donors (Lipinski definition) is 1. The van der Waals surface area contributed by atoms with Crippen molar-refractivity contribution in [2.75, 3.05) is 0 Å². The zero-order valence-electron chi connectivity index (χ0n) is 4.78. The van der Waals surface area contributed by atoms with E-state index in [1.165, 1.54) is 11.3 Å². The molecule has 0 aromatic carbocycles. The highest BCUT2D eigenvalue weighted by Crippen LogP contribution is 2.21. The maximum atomic E-state index is 8.98. The number of halogens is 1. The van der Waals surface area contributed by atoms with Gasteiger partial charge < -0.3 is 5.11 Å². The van der Waals surface area contributed by atoms with Crippen molar-refractivity contribution in [3.63, 3.8) is 0 Å². The Morgan fingerprint density at radius 2 is 2.60 bits per heavy atom. The van der Waals surface area contributed by atoms with Crippen molar-refractivity contribution in [2.45, 2.75) is 6.10 Å². The van der Waals surface area contributed by atoms with Crippen molar-refractivity contribution in [3.05, 3.63) is 14.1 Å². The lowest BCUT2D eigenvalue weighted by molar-refractivity contribution is 0.231. The Balaban J connectivity index is 2.96. The largest absolute Gasteiger partial charge is 0.373 e. The van der Waals surface area contributed by atoms with Gasteiger partial charge in [-0.3, -0.25) is 0 Å². The third-order valence-electron chi connectivity index (χ3n) is 0.931. The lowest BCUT2D eigenvalue weighted by Crippen LogP contribution is -1.94. The quantitative estimate of drug-likeness (QED) is 0.615. The molecular formula is C5H3IN2OS. The molecule has 0 saturated carbocycles. The Bertz CT molecular complexity index is 267. The predicted molar refractivity (Wildman–Crippen MR) is 45.4 cm³/mol. The third-order valence-corrected chi connectivity index (χ3v) is 2.87. The highest BCUT2D eigenvalue weighted by molar-refractivity contribution is 14.1. The molecule has 0 bridgehead atoms. The molecule has 0 aliphatic heterocycles. The van der Waals surface area contributed by atoms with E-state index < -0.39 is 6.10 Å². The molecule has 0 spiro atoms. The van der Waals surface area contributed by atoms with Crippen molar-refractivity contribution in [2.24, 2.45) is 0 Å². The number of aliphatic hydroxyl groups excluding tert-OH is 1. The predicted octanol–water partition coefficient (Wildman–Crippen LogP) is 1.30. The lowest BCUT2D eigenvalue weighted by atomic mass is 10.3. The summed E-state index contributed by atoms with van der Waals surface area (Å²) in [6.45, 7) is 0. The molecule has 5 heteroatoms. The van der Waals surface area contributed by atoms with E-state index in [4.69, 9.17) is 10.4 Å². The van der Waals surface area contributed by atoms with Gasteiger partial charge in [-0.2, -0.15) is 5.26 Å². The van der Waals surface area contributed by atoms with Gasteiger partial charge in [0.25, 0.3) is 0 Å². The first-order valence-electron chi connectivity index (χ1n) is 2.42. The van der Waals surface area contributed by atoms with Gasteiger partial charge in [-0.15, -0.1) is 11.3 Å². The monoisotopic (exact) mass is 266 g/mol. The van der Waals surface area contributed by atoms with Gasteiger partial charge >= 0.3 is 0 Å². The molecule has 1 aromatic rings. The van der Waals surface area contributed by atoms with Gasteiger partial charge in [0.2, 0.25) is 0 Å². The standard InChI is InChI=1S/C5H3IN2OS/c6-5-4(3(9)1-7)8-2-10-5/h2-3,9H. The van der Waals surface area contributed by atoms with Crippen LogP contribution in [0.15, 0.2) is 5.51 Å². The van der Waals surface area contributed by atoms with E-state index in [0.717, 1.165) is 2.88 Å². The van der Waals surface area contributed by atoms with Crippen LogP contribution in [0.25, 0.3) is 0 Å². The molecule has 0 saturated heterocycles. The topological polar surface area (TPSA) is 56.9 Å². The Hall–Kier alpha value is -0.190. The molecule has 0 radical (unpaired) electrons. The first kappa shape index (κ1) is 7.91. The second-order valence-electron chi connectivity index (χ2n) is 1.54. The number of hydrogen-bond acceptors (Lipinski definition) is 4. The van der Waals surface area contributed by atoms with E-state index in [2.05, 4.69) is 4.98 Å². The molecule has 1 atom stereocenters. The minimum Gasteiger partial charge on any atom is -0.373 e. The summed E-state index contributed by atoms with van der Waals surface area (Å²) in [7, 11) is 0. The van der Waals surface area contributed by atoms with Crippen LogP contribution in [0.5, 0.6) is 0 Å². The first-order chi connectivity index (χ1) is 4.75. The fraction of sp³-hybridized carbons (Fsp3) is 0.200. The van der Waals surface area contributed by atoms with Crippen LogP contribution in [0.2, 0.25) is 0 Å². The molecule has 0 amide bonds. The van der Waals surface area contributed by atoms with E-state index >= 15 is 0 Å². The van der Waals surface area contributed by atoms with Crippen LogP contribution < -0.4 is 0 Å². The second-order valence-corrected chi connectivity index (χ2v) is 4.21. The molecule has 1 aromatic heterocycles. The molecular weight excluding hydrogens is 263 g/mol. The van der Waals surface area contributed by atoms with Crippen LogP contribution in [0.4, 0.5) is 0 Å². The summed E-state index contributed by atoms with van der Waals surface area (Å²) in [5.74, 6) is 0. The molecule has 1 heterocycles. The summed E-state index contributed by atoms with van der Waals surface area (Å²) in [5.41, 5.74) is 2.07. The summed E-state index contributed by atoms with van der Waals surface area (Å²) in [5, 5.41) is 17.3. The third kappa shape index (κ3) is 1.45. The Morgan fingerprint density at radius 3 is 3.00 bits per heavy atom. The smallest absolute Gasteiger partial charge is 0.184 e. The van der Waals surface area contributed by atoms with Crippen molar-refractivity contribution < 1.29 is 5.11 Å². The molecule has 52 valence electrons. The average molecular weight is 266 g/mol. The maximum absolute atomic E-state index is 8.98. The van der Waals surface area contributed by atoms with Crippen molar-refractivity contribution in [3.8, 4) is 6.07 Å². The van der Waals surface area contributed by atoms with E-state index in [0.29, 0.717) is 5.69 Å². The molecule has 10 heavy (non-hydrogen) atoms. The van der Waals surface area contributed by atoms with Gasteiger partial charge in [-0.1, -0.05) is 0 Å². The lowest BCUT2D eigenvalue weighted by Gasteiger charge is -1.94. The number of nitrogens with zero attached hydrogens (tertiary/aromatic N) is 2. The summed E-state index contributed by atoms with van der Waals surface area (Å²) in [6, 6.07) is 1.70. The van der Waals surface area contributed by atoms with Crippen LogP contribution in [0.3, 0.4) is 0 Å². The molecule has 1 N–H and O–H groups in total. The Morgan fingerprint density at radius 1 is 1.90 bits per heavy atom. The van der Waals surface area contributed by atoms with Gasteiger partial charge in [-0.05, 0) is 22.6 Å². The van der Waals surface area contributed by atoms with E-state index in [1.807, 2.05) is 22.6 Å². The summed E-state index contributed by atoms with van der Waals surface area (Å²) in [4.78, 5) is 3.83. The van der Waals surface area contributed by atoms with Gasteiger partial charge in [0, 0.05) is 0 Å². The van der Waals surface area contributed by atoms with E-state index in [-0.39, 0.29) is 0 Å². The Kier molecular flexibility index (Phi) is 2.59. The summed E-state index contributed by atoms with van der Waals surface area (Å²) < 4.78 is 0.867. The number of aromatic nitrogens is 1. The summed E-state index contributed by atoms with van der Waals surface area (Å²) in [6.07, 6.45) is -1.07. The molecule has 0 aliphatic rings. The van der Waals surface area contributed by atoms with Gasteiger partial charge in [0.15, 0.2) is 6.10 Å². The van der Waals surface area contributed by atoms with Crippen LogP contribution in [0.1, 0.15) is 11.8 Å². The number of thiazole rings is 1. The van der Waals surface area contributed by atoms with Crippen molar-refractivity contribution >= 4 is 33.9 Å². The average Bonchev–Trinajstić information content (AvgIpc) is 2.34. The van der Waals surface area contributed by atoms with Crippen molar-refractivity contribution in [1.29, 1.82) is 5.26 Å². The van der Waals surface area contributed by atoms with Gasteiger partial charge in [0.1, 0.15) is 11.8 Å². The first-order valence-corrected chi connectivity index (χ1v) is 4.38.